The number of hydrogen-bond acceptors (Lipinski definition) is 7. The van der Waals surface area contributed by atoms with Crippen LogP contribution in [0.3, 0.4) is 0 Å². The number of benzene rings is 2. The number of rotatable bonds is 6. The van der Waals surface area contributed by atoms with Gasteiger partial charge in [0.05, 0.1) is 22.6 Å². The molecule has 8 heteroatoms. The number of aryl methyl sites for hydroxylation is 1. The van der Waals surface area contributed by atoms with E-state index in [9.17, 15) is 15.2 Å². The van der Waals surface area contributed by atoms with Crippen molar-refractivity contribution in [3.05, 3.63) is 58.8 Å². The summed E-state index contributed by atoms with van der Waals surface area (Å²) in [6.45, 7) is 7.57. The molecule has 0 amide bonds. The number of carboxylic acid groups (broad SMARTS) is 1. The third-order valence-corrected chi connectivity index (χ3v) is 6.70. The van der Waals surface area contributed by atoms with E-state index in [2.05, 4.69) is 27.3 Å². The minimum atomic E-state index is -0.976. The summed E-state index contributed by atoms with van der Waals surface area (Å²) < 4.78 is 0. The van der Waals surface area contributed by atoms with Crippen LogP contribution in [0, 0.1) is 18.3 Å². The Hall–Kier alpha value is -3.70. The van der Waals surface area contributed by atoms with Gasteiger partial charge in [0.15, 0.2) is 11.5 Å². The lowest BCUT2D eigenvalue weighted by Gasteiger charge is -2.35. The van der Waals surface area contributed by atoms with Crippen molar-refractivity contribution in [1.29, 1.82) is 5.26 Å². The lowest BCUT2D eigenvalue weighted by atomic mass is 10.0. The molecule has 0 spiro atoms. The molecule has 2 aromatic carbocycles. The van der Waals surface area contributed by atoms with Gasteiger partial charge in [0.25, 0.3) is 0 Å². The second-order valence-corrected chi connectivity index (χ2v) is 9.20. The zero-order valence-electron chi connectivity index (χ0n) is 19.5. The van der Waals surface area contributed by atoms with E-state index < -0.39 is 5.97 Å². The van der Waals surface area contributed by atoms with Crippen molar-refractivity contribution in [1.82, 2.24) is 14.9 Å². The summed E-state index contributed by atoms with van der Waals surface area (Å²) in [6.07, 6.45) is 2.58. The zero-order chi connectivity index (χ0) is 23.8. The van der Waals surface area contributed by atoms with Crippen molar-refractivity contribution in [2.75, 3.05) is 36.4 Å². The van der Waals surface area contributed by atoms with Crippen LogP contribution in [0.25, 0.3) is 11.0 Å². The number of anilines is 2. The van der Waals surface area contributed by atoms with Crippen molar-refractivity contribution >= 4 is 28.5 Å². The second-order valence-electron chi connectivity index (χ2n) is 9.20. The van der Waals surface area contributed by atoms with E-state index in [0.717, 1.165) is 48.9 Å². The highest BCUT2D eigenvalue weighted by atomic mass is 16.4. The van der Waals surface area contributed by atoms with Gasteiger partial charge < -0.3 is 15.3 Å². The molecule has 8 nitrogen and oxygen atoms in total. The summed E-state index contributed by atoms with van der Waals surface area (Å²) in [5.41, 5.74) is 4.45. The molecule has 2 aliphatic rings. The molecule has 1 aliphatic carbocycles. The molecule has 2 N–H and O–H groups in total. The first-order valence-corrected chi connectivity index (χ1v) is 11.7. The SMILES string of the molecule is Cc1cc([C@@H](C)Nc2ccccc2C(=O)O)c2nc(N3CCN(C4CC4)CC3)c(C#N)nc2c1. The Labute approximate surface area is 198 Å². The molecule has 1 saturated carbocycles. The topological polar surface area (TPSA) is 105 Å². The number of para-hydroxylation sites is 1. The largest absolute Gasteiger partial charge is 0.478 e. The van der Waals surface area contributed by atoms with Crippen molar-refractivity contribution in [2.45, 2.75) is 38.8 Å². The summed E-state index contributed by atoms with van der Waals surface area (Å²) in [5.74, 6) is -0.343. The number of carbonyl (C=O) groups is 1. The number of piperazine rings is 1. The first-order chi connectivity index (χ1) is 16.4. The molecule has 1 aliphatic heterocycles. The van der Waals surface area contributed by atoms with Gasteiger partial charge in [-0.25, -0.2) is 14.8 Å². The third-order valence-electron chi connectivity index (χ3n) is 6.70. The maximum atomic E-state index is 11.7. The Morgan fingerprint density at radius 1 is 1.18 bits per heavy atom. The minimum Gasteiger partial charge on any atom is -0.478 e. The van der Waals surface area contributed by atoms with Crippen molar-refractivity contribution in [3.8, 4) is 6.07 Å². The first kappa shape index (κ1) is 22.1. The number of aromatic nitrogens is 2. The number of nitrogens with one attached hydrogen (secondary N) is 1. The predicted octanol–water partition coefficient (Wildman–Crippen LogP) is 3.97. The van der Waals surface area contributed by atoms with Crippen LogP contribution in [0.4, 0.5) is 11.5 Å². The van der Waals surface area contributed by atoms with E-state index in [1.165, 1.54) is 12.8 Å². The second kappa shape index (κ2) is 8.92. The van der Waals surface area contributed by atoms with Gasteiger partial charge in [-0.15, -0.1) is 0 Å². The maximum Gasteiger partial charge on any atom is 0.337 e. The van der Waals surface area contributed by atoms with Crippen LogP contribution in [0.15, 0.2) is 36.4 Å². The number of fused-ring (bicyclic) bond motifs is 1. The van der Waals surface area contributed by atoms with Crippen LogP contribution in [-0.4, -0.2) is 58.2 Å². The molecule has 0 radical (unpaired) electrons. The number of nitriles is 1. The van der Waals surface area contributed by atoms with Crippen LogP contribution < -0.4 is 10.2 Å². The quantitative estimate of drug-likeness (QED) is 0.574. The summed E-state index contributed by atoms with van der Waals surface area (Å²) in [7, 11) is 0. The predicted molar refractivity (Wildman–Crippen MR) is 131 cm³/mol. The summed E-state index contributed by atoms with van der Waals surface area (Å²) in [4.78, 5) is 26.0. The van der Waals surface area contributed by atoms with Gasteiger partial charge in [-0.05, 0) is 50.5 Å². The van der Waals surface area contributed by atoms with Crippen LogP contribution in [0.5, 0.6) is 0 Å². The monoisotopic (exact) mass is 456 g/mol. The molecule has 174 valence electrons. The highest BCUT2D eigenvalue weighted by Crippen LogP contribution is 2.32. The molecule has 1 aromatic heterocycles. The van der Waals surface area contributed by atoms with E-state index in [-0.39, 0.29) is 11.6 Å². The molecule has 0 bridgehead atoms. The van der Waals surface area contributed by atoms with E-state index in [4.69, 9.17) is 9.97 Å². The first-order valence-electron chi connectivity index (χ1n) is 11.7. The maximum absolute atomic E-state index is 11.7. The van der Waals surface area contributed by atoms with E-state index >= 15 is 0 Å². The molecule has 5 rings (SSSR count). The molecule has 0 unspecified atom stereocenters. The smallest absolute Gasteiger partial charge is 0.337 e. The minimum absolute atomic E-state index is 0.218. The molecule has 1 saturated heterocycles. The van der Waals surface area contributed by atoms with E-state index in [1.54, 1.807) is 18.2 Å². The van der Waals surface area contributed by atoms with E-state index in [0.29, 0.717) is 22.7 Å². The fourth-order valence-electron chi connectivity index (χ4n) is 4.79. The van der Waals surface area contributed by atoms with Gasteiger partial charge in [0, 0.05) is 43.5 Å². The van der Waals surface area contributed by atoms with Gasteiger partial charge in [-0.1, -0.05) is 18.2 Å². The lowest BCUT2D eigenvalue weighted by molar-refractivity contribution is 0.0698. The van der Waals surface area contributed by atoms with Crippen molar-refractivity contribution in [3.63, 3.8) is 0 Å². The standard InChI is InChI=1S/C26H28N6O2/c1-16-13-20(17(2)28-21-6-4-3-5-19(21)26(33)34)24-22(14-16)29-23(15-27)25(30-24)32-11-9-31(10-12-32)18-7-8-18/h3-6,13-14,17-18,28H,7-12H2,1-2H3,(H,33,34)/t17-/m1/s1. The van der Waals surface area contributed by atoms with Gasteiger partial charge in [-0.3, -0.25) is 4.90 Å². The Morgan fingerprint density at radius 3 is 2.59 bits per heavy atom. The van der Waals surface area contributed by atoms with Crippen LogP contribution in [0.1, 0.15) is 53.0 Å². The molecule has 2 heterocycles. The average molecular weight is 457 g/mol. The molecule has 1 atom stereocenters. The highest BCUT2D eigenvalue weighted by molar-refractivity contribution is 5.94. The molecular formula is C26H28N6O2. The summed E-state index contributed by atoms with van der Waals surface area (Å²) >= 11 is 0. The zero-order valence-corrected chi connectivity index (χ0v) is 19.5. The summed E-state index contributed by atoms with van der Waals surface area (Å²) in [5, 5.41) is 22.7. The summed E-state index contributed by atoms with van der Waals surface area (Å²) in [6, 6.07) is 13.6. The highest BCUT2D eigenvalue weighted by Gasteiger charge is 2.32. The van der Waals surface area contributed by atoms with Gasteiger partial charge >= 0.3 is 5.97 Å². The number of hydrogen-bond donors (Lipinski definition) is 2. The van der Waals surface area contributed by atoms with Gasteiger partial charge in [0.1, 0.15) is 6.07 Å². The van der Waals surface area contributed by atoms with E-state index in [1.807, 2.05) is 26.0 Å². The molecule has 2 fully saturated rings. The Kier molecular flexibility index (Phi) is 5.80. The number of nitrogens with zero attached hydrogens (tertiary/aromatic N) is 5. The molecule has 34 heavy (non-hydrogen) atoms. The average Bonchev–Trinajstić information content (AvgIpc) is 3.68. The van der Waals surface area contributed by atoms with Gasteiger partial charge in [0.2, 0.25) is 0 Å². The Bertz CT molecular complexity index is 1290. The fraction of sp³-hybridized carbons (Fsp3) is 0.385. The Morgan fingerprint density at radius 2 is 1.91 bits per heavy atom. The number of aromatic carboxylic acids is 1. The lowest BCUT2D eigenvalue weighted by Crippen LogP contribution is -2.47. The fourth-order valence-corrected chi connectivity index (χ4v) is 4.79. The van der Waals surface area contributed by atoms with Gasteiger partial charge in [-0.2, -0.15) is 5.26 Å². The van der Waals surface area contributed by atoms with Crippen molar-refractivity contribution < 1.29 is 9.90 Å². The van der Waals surface area contributed by atoms with Crippen LogP contribution in [-0.2, 0) is 0 Å². The Balaban J connectivity index is 1.51. The third kappa shape index (κ3) is 4.27. The molecule has 3 aromatic rings. The molecular weight excluding hydrogens is 428 g/mol. The van der Waals surface area contributed by atoms with Crippen LogP contribution in [0.2, 0.25) is 0 Å². The van der Waals surface area contributed by atoms with Crippen molar-refractivity contribution in [2.24, 2.45) is 0 Å². The normalized spacial score (nSPS) is 17.4. The van der Waals surface area contributed by atoms with Crippen LogP contribution >= 0.6 is 0 Å². The number of carboxylic acids is 1.